The van der Waals surface area contributed by atoms with Crippen LogP contribution in [0.25, 0.3) is 5.65 Å². The summed E-state index contributed by atoms with van der Waals surface area (Å²) in [5.74, 6) is -0.831. The molecule has 4 rings (SSSR count). The van der Waals surface area contributed by atoms with E-state index in [9.17, 15) is 9.90 Å². The number of rotatable bonds is 3. The molecule has 1 N–H and O–H groups in total. The van der Waals surface area contributed by atoms with Crippen molar-refractivity contribution in [1.29, 1.82) is 0 Å². The lowest BCUT2D eigenvalue weighted by Crippen LogP contribution is -2.32. The van der Waals surface area contributed by atoms with Gasteiger partial charge in [-0.2, -0.15) is 0 Å². The average Bonchev–Trinajstić information content (AvgIpc) is 3.11. The maximum atomic E-state index is 11.3. The average molecular weight is 271 g/mol. The van der Waals surface area contributed by atoms with Crippen LogP contribution in [-0.2, 0) is 11.3 Å². The number of hydrogen-bond acceptors (Lipinski definition) is 3. The molecule has 2 saturated heterocycles. The van der Waals surface area contributed by atoms with Crippen molar-refractivity contribution in [2.24, 2.45) is 5.92 Å². The van der Waals surface area contributed by atoms with Gasteiger partial charge in [0.25, 0.3) is 0 Å². The van der Waals surface area contributed by atoms with Gasteiger partial charge < -0.3 is 9.51 Å². The molecule has 0 saturated carbocycles. The highest BCUT2D eigenvalue weighted by atomic mass is 16.4. The van der Waals surface area contributed by atoms with Crippen LogP contribution in [0.2, 0.25) is 0 Å². The number of aromatic nitrogens is 2. The largest absolute Gasteiger partial charge is 0.481 e. The molecule has 2 aromatic heterocycles. The van der Waals surface area contributed by atoms with Crippen LogP contribution in [0.1, 0.15) is 25.0 Å². The Bertz CT molecular complexity index is 633. The van der Waals surface area contributed by atoms with E-state index in [2.05, 4.69) is 9.88 Å². The summed E-state index contributed by atoms with van der Waals surface area (Å²) in [6, 6.07) is 6.57. The van der Waals surface area contributed by atoms with Crippen LogP contribution in [0.3, 0.4) is 0 Å². The van der Waals surface area contributed by atoms with Crippen molar-refractivity contribution in [2.45, 2.75) is 37.9 Å². The zero-order valence-electron chi connectivity index (χ0n) is 11.1. The predicted octanol–water partition coefficient (Wildman–Crippen LogP) is 1.77. The molecule has 2 aliphatic rings. The van der Waals surface area contributed by atoms with Gasteiger partial charge in [0.1, 0.15) is 5.65 Å². The maximum Gasteiger partial charge on any atom is 0.308 e. The molecule has 3 unspecified atom stereocenters. The van der Waals surface area contributed by atoms with Crippen LogP contribution in [0, 0.1) is 5.92 Å². The zero-order chi connectivity index (χ0) is 13.7. The van der Waals surface area contributed by atoms with Crippen molar-refractivity contribution in [3.8, 4) is 0 Å². The third kappa shape index (κ3) is 1.73. The Morgan fingerprint density at radius 2 is 2.30 bits per heavy atom. The molecule has 3 atom stereocenters. The summed E-state index contributed by atoms with van der Waals surface area (Å²) in [6.07, 6.45) is 6.97. The van der Waals surface area contributed by atoms with Crippen LogP contribution < -0.4 is 0 Å². The van der Waals surface area contributed by atoms with Gasteiger partial charge in [-0.25, -0.2) is 4.98 Å². The number of pyridine rings is 1. The van der Waals surface area contributed by atoms with E-state index in [0.29, 0.717) is 6.04 Å². The number of imidazole rings is 1. The van der Waals surface area contributed by atoms with E-state index in [1.165, 1.54) is 0 Å². The summed E-state index contributed by atoms with van der Waals surface area (Å²) >= 11 is 0. The fourth-order valence-corrected chi connectivity index (χ4v) is 3.86. The standard InChI is InChI=1S/C15H17N3O2/c19-15(20)12-7-11-4-5-13(12)18(11)9-10-8-17-6-2-1-3-14(17)16-10/h1-3,6,8,11-13H,4-5,7,9H2,(H,19,20). The molecule has 5 heteroatoms. The second kappa shape index (κ2) is 4.31. The van der Waals surface area contributed by atoms with Crippen molar-refractivity contribution in [1.82, 2.24) is 14.3 Å². The molecule has 2 bridgehead atoms. The van der Waals surface area contributed by atoms with Gasteiger partial charge in [0, 0.05) is 31.0 Å². The highest BCUT2D eigenvalue weighted by molar-refractivity contribution is 5.71. The van der Waals surface area contributed by atoms with E-state index in [4.69, 9.17) is 0 Å². The number of aliphatic carboxylic acids is 1. The Balaban J connectivity index is 1.59. The Morgan fingerprint density at radius 1 is 1.40 bits per heavy atom. The first-order chi connectivity index (χ1) is 9.72. The van der Waals surface area contributed by atoms with Crippen LogP contribution in [0.4, 0.5) is 0 Å². The highest BCUT2D eigenvalue weighted by Crippen LogP contribution is 2.42. The minimum Gasteiger partial charge on any atom is -0.481 e. The number of fused-ring (bicyclic) bond motifs is 3. The summed E-state index contributed by atoms with van der Waals surface area (Å²) in [4.78, 5) is 18.2. The molecule has 0 amide bonds. The normalized spacial score (nSPS) is 29.3. The van der Waals surface area contributed by atoms with Crippen LogP contribution >= 0.6 is 0 Å². The van der Waals surface area contributed by atoms with Crippen molar-refractivity contribution < 1.29 is 9.90 Å². The van der Waals surface area contributed by atoms with Gasteiger partial charge in [0.05, 0.1) is 11.6 Å². The molecule has 0 aliphatic carbocycles. The van der Waals surface area contributed by atoms with Crippen molar-refractivity contribution in [2.75, 3.05) is 0 Å². The van der Waals surface area contributed by atoms with Gasteiger partial charge in [-0.15, -0.1) is 0 Å². The van der Waals surface area contributed by atoms with E-state index < -0.39 is 5.97 Å². The van der Waals surface area contributed by atoms with Gasteiger partial charge in [-0.3, -0.25) is 9.69 Å². The Morgan fingerprint density at radius 3 is 3.05 bits per heavy atom. The number of hydrogen-bond donors (Lipinski definition) is 1. The third-order valence-corrected chi connectivity index (χ3v) is 4.76. The Kier molecular flexibility index (Phi) is 2.57. The first kappa shape index (κ1) is 11.9. The Labute approximate surface area is 116 Å². The molecular weight excluding hydrogens is 254 g/mol. The first-order valence-electron chi connectivity index (χ1n) is 7.13. The second-order valence-corrected chi connectivity index (χ2v) is 5.85. The summed E-state index contributed by atoms with van der Waals surface area (Å²) in [6.45, 7) is 0.765. The summed E-state index contributed by atoms with van der Waals surface area (Å²) in [5, 5.41) is 9.29. The number of nitrogens with zero attached hydrogens (tertiary/aromatic N) is 3. The predicted molar refractivity (Wildman–Crippen MR) is 73.3 cm³/mol. The number of carboxylic acid groups (broad SMARTS) is 1. The molecule has 104 valence electrons. The quantitative estimate of drug-likeness (QED) is 0.924. The van der Waals surface area contributed by atoms with E-state index in [1.54, 1.807) is 0 Å². The van der Waals surface area contributed by atoms with Gasteiger partial charge in [0.15, 0.2) is 0 Å². The van der Waals surface area contributed by atoms with E-state index in [1.807, 2.05) is 35.0 Å². The summed E-state index contributed by atoms with van der Waals surface area (Å²) < 4.78 is 2.02. The molecule has 2 fully saturated rings. The number of carbonyl (C=O) groups is 1. The monoisotopic (exact) mass is 271 g/mol. The second-order valence-electron chi connectivity index (χ2n) is 5.85. The van der Waals surface area contributed by atoms with E-state index in [0.717, 1.165) is 37.1 Å². The van der Waals surface area contributed by atoms with Crippen LogP contribution in [0.5, 0.6) is 0 Å². The molecule has 0 radical (unpaired) electrons. The molecule has 4 heterocycles. The topological polar surface area (TPSA) is 57.8 Å². The molecule has 2 aromatic rings. The fraction of sp³-hybridized carbons (Fsp3) is 0.467. The Hall–Kier alpha value is -1.88. The first-order valence-corrected chi connectivity index (χ1v) is 7.13. The minimum atomic E-state index is -0.641. The summed E-state index contributed by atoms with van der Waals surface area (Å²) in [5.41, 5.74) is 1.97. The summed E-state index contributed by atoms with van der Waals surface area (Å²) in [7, 11) is 0. The van der Waals surface area contributed by atoms with Gasteiger partial charge >= 0.3 is 5.97 Å². The van der Waals surface area contributed by atoms with Crippen LogP contribution in [-0.4, -0.2) is 37.4 Å². The molecule has 2 aliphatic heterocycles. The number of carboxylic acids is 1. The van der Waals surface area contributed by atoms with Crippen molar-refractivity contribution in [3.05, 3.63) is 36.3 Å². The lowest BCUT2D eigenvalue weighted by Gasteiger charge is -2.21. The van der Waals surface area contributed by atoms with Gasteiger partial charge in [0.2, 0.25) is 0 Å². The van der Waals surface area contributed by atoms with Gasteiger partial charge in [-0.05, 0) is 31.4 Å². The van der Waals surface area contributed by atoms with Crippen molar-refractivity contribution >= 4 is 11.6 Å². The zero-order valence-corrected chi connectivity index (χ0v) is 11.1. The molecule has 20 heavy (non-hydrogen) atoms. The molecular formula is C15H17N3O2. The lowest BCUT2D eigenvalue weighted by atomic mass is 9.89. The van der Waals surface area contributed by atoms with E-state index >= 15 is 0 Å². The highest BCUT2D eigenvalue weighted by Gasteiger charge is 2.49. The van der Waals surface area contributed by atoms with E-state index in [-0.39, 0.29) is 12.0 Å². The van der Waals surface area contributed by atoms with Crippen LogP contribution in [0.15, 0.2) is 30.6 Å². The van der Waals surface area contributed by atoms with Crippen molar-refractivity contribution in [3.63, 3.8) is 0 Å². The smallest absolute Gasteiger partial charge is 0.308 e. The fourth-order valence-electron chi connectivity index (χ4n) is 3.86. The maximum absolute atomic E-state index is 11.3. The lowest BCUT2D eigenvalue weighted by molar-refractivity contribution is -0.142. The third-order valence-electron chi connectivity index (χ3n) is 4.76. The molecule has 0 spiro atoms. The van der Waals surface area contributed by atoms with Gasteiger partial charge in [-0.1, -0.05) is 6.07 Å². The molecule has 0 aromatic carbocycles. The SMILES string of the molecule is O=C(O)C1CC2CCC1N2Cc1cn2ccccc2n1. The molecule has 5 nitrogen and oxygen atoms in total. The minimum absolute atomic E-state index is 0.189.